The Hall–Kier alpha value is -2.37. The van der Waals surface area contributed by atoms with Gasteiger partial charge in [-0.15, -0.1) is 0 Å². The van der Waals surface area contributed by atoms with E-state index in [0.29, 0.717) is 6.54 Å². The maximum absolute atomic E-state index is 10.2. The molecule has 2 aromatic heterocycles. The van der Waals surface area contributed by atoms with Gasteiger partial charge in [0.1, 0.15) is 5.76 Å². The minimum absolute atomic E-state index is 0.0245. The molecule has 0 aliphatic carbocycles. The van der Waals surface area contributed by atoms with Crippen LogP contribution in [0.3, 0.4) is 0 Å². The van der Waals surface area contributed by atoms with Gasteiger partial charge in [-0.1, -0.05) is 12.1 Å². The largest absolute Gasteiger partial charge is 0.493 e. The molecular formula is C18H20N2O3. The monoisotopic (exact) mass is 312 g/mol. The molecule has 2 heterocycles. The molecule has 0 unspecified atom stereocenters. The maximum Gasteiger partial charge on any atom is 0.176 e. The molecule has 120 valence electrons. The lowest BCUT2D eigenvalue weighted by atomic mass is 10.1. The second kappa shape index (κ2) is 6.81. The number of aromatic nitrogens is 1. The van der Waals surface area contributed by atoms with E-state index in [1.165, 1.54) is 0 Å². The first kappa shape index (κ1) is 15.5. The van der Waals surface area contributed by atoms with Crippen LogP contribution >= 0.6 is 0 Å². The highest BCUT2D eigenvalue weighted by Gasteiger charge is 2.15. The molecule has 0 aliphatic heterocycles. The Balaban J connectivity index is 1.70. The molecule has 5 heteroatoms. The first-order valence-corrected chi connectivity index (χ1v) is 7.57. The SMILES string of the molecule is COc1cccc2cc([C@@H](C)NC[C@@H](O)c3ccncc3)oc12. The summed E-state index contributed by atoms with van der Waals surface area (Å²) in [5.41, 5.74) is 1.58. The third kappa shape index (κ3) is 3.36. The number of pyridine rings is 1. The number of hydrogen-bond donors (Lipinski definition) is 2. The number of aliphatic hydroxyl groups is 1. The van der Waals surface area contributed by atoms with Crippen molar-refractivity contribution in [1.29, 1.82) is 0 Å². The third-order valence-electron chi connectivity index (χ3n) is 3.88. The van der Waals surface area contributed by atoms with Crippen molar-refractivity contribution in [3.8, 4) is 5.75 Å². The normalized spacial score (nSPS) is 13.9. The second-order valence-corrected chi connectivity index (χ2v) is 5.45. The Morgan fingerprint density at radius 2 is 2.04 bits per heavy atom. The molecule has 2 N–H and O–H groups in total. The number of hydrogen-bond acceptors (Lipinski definition) is 5. The molecule has 23 heavy (non-hydrogen) atoms. The second-order valence-electron chi connectivity index (χ2n) is 5.45. The molecule has 0 saturated heterocycles. The van der Waals surface area contributed by atoms with Crippen LogP contribution in [-0.2, 0) is 0 Å². The van der Waals surface area contributed by atoms with Gasteiger partial charge in [-0.05, 0) is 36.8 Å². The average Bonchev–Trinajstić information content (AvgIpc) is 3.04. The van der Waals surface area contributed by atoms with Crippen molar-refractivity contribution in [2.24, 2.45) is 0 Å². The van der Waals surface area contributed by atoms with Gasteiger partial charge in [0.25, 0.3) is 0 Å². The molecule has 0 saturated carbocycles. The van der Waals surface area contributed by atoms with E-state index in [1.807, 2.05) is 43.3 Å². The number of ether oxygens (including phenoxy) is 1. The Kier molecular flexibility index (Phi) is 4.60. The number of methoxy groups -OCH3 is 1. The first-order chi connectivity index (χ1) is 11.2. The zero-order valence-corrected chi connectivity index (χ0v) is 13.2. The van der Waals surface area contributed by atoms with Gasteiger partial charge < -0.3 is 19.6 Å². The van der Waals surface area contributed by atoms with Crippen molar-refractivity contribution >= 4 is 11.0 Å². The van der Waals surface area contributed by atoms with Crippen molar-refractivity contribution in [2.45, 2.75) is 19.1 Å². The summed E-state index contributed by atoms with van der Waals surface area (Å²) in [7, 11) is 1.63. The van der Waals surface area contributed by atoms with E-state index in [2.05, 4.69) is 10.3 Å². The minimum atomic E-state index is -0.584. The Bertz CT molecular complexity index is 770. The van der Waals surface area contributed by atoms with E-state index in [0.717, 1.165) is 28.0 Å². The van der Waals surface area contributed by atoms with E-state index in [4.69, 9.17) is 9.15 Å². The molecule has 0 spiro atoms. The first-order valence-electron chi connectivity index (χ1n) is 7.57. The van der Waals surface area contributed by atoms with Gasteiger partial charge in [0, 0.05) is 24.3 Å². The lowest BCUT2D eigenvalue weighted by Crippen LogP contribution is -2.24. The summed E-state index contributed by atoms with van der Waals surface area (Å²) in [6.45, 7) is 2.43. The predicted octanol–water partition coefficient (Wildman–Crippen LogP) is 3.22. The summed E-state index contributed by atoms with van der Waals surface area (Å²) >= 11 is 0. The van der Waals surface area contributed by atoms with Crippen LogP contribution in [0, 0.1) is 0 Å². The van der Waals surface area contributed by atoms with Gasteiger partial charge in [-0.25, -0.2) is 0 Å². The molecule has 0 bridgehead atoms. The van der Waals surface area contributed by atoms with Gasteiger partial charge in [0.05, 0.1) is 19.3 Å². The van der Waals surface area contributed by atoms with Crippen LogP contribution < -0.4 is 10.1 Å². The molecule has 3 aromatic rings. The van der Waals surface area contributed by atoms with Gasteiger partial charge in [-0.2, -0.15) is 0 Å². The lowest BCUT2D eigenvalue weighted by molar-refractivity contribution is 0.169. The average molecular weight is 312 g/mol. The van der Waals surface area contributed by atoms with Crippen molar-refractivity contribution in [3.05, 3.63) is 60.1 Å². The topological polar surface area (TPSA) is 67.5 Å². The molecular weight excluding hydrogens is 292 g/mol. The smallest absolute Gasteiger partial charge is 0.176 e. The van der Waals surface area contributed by atoms with E-state index >= 15 is 0 Å². The fraction of sp³-hybridized carbons (Fsp3) is 0.278. The number of rotatable bonds is 6. The van der Waals surface area contributed by atoms with Crippen LogP contribution in [0.25, 0.3) is 11.0 Å². The van der Waals surface area contributed by atoms with E-state index in [9.17, 15) is 5.11 Å². The number of fused-ring (bicyclic) bond motifs is 1. The van der Waals surface area contributed by atoms with Crippen molar-refractivity contribution in [2.75, 3.05) is 13.7 Å². The van der Waals surface area contributed by atoms with Gasteiger partial charge in [0.15, 0.2) is 11.3 Å². The minimum Gasteiger partial charge on any atom is -0.493 e. The molecule has 0 amide bonds. The van der Waals surface area contributed by atoms with Crippen LogP contribution in [0.5, 0.6) is 5.75 Å². The summed E-state index contributed by atoms with van der Waals surface area (Å²) in [6.07, 6.45) is 2.76. The van der Waals surface area contributed by atoms with Crippen LogP contribution in [0.1, 0.15) is 30.4 Å². The van der Waals surface area contributed by atoms with E-state index in [-0.39, 0.29) is 6.04 Å². The number of benzene rings is 1. The number of furan rings is 1. The summed E-state index contributed by atoms with van der Waals surface area (Å²) in [4.78, 5) is 3.95. The fourth-order valence-electron chi connectivity index (χ4n) is 2.52. The molecule has 5 nitrogen and oxygen atoms in total. The summed E-state index contributed by atoms with van der Waals surface area (Å²) in [6, 6.07) is 11.4. The van der Waals surface area contributed by atoms with Crippen LogP contribution in [0.2, 0.25) is 0 Å². The van der Waals surface area contributed by atoms with Gasteiger partial charge in [0.2, 0.25) is 0 Å². The quantitative estimate of drug-likeness (QED) is 0.731. The molecule has 0 radical (unpaired) electrons. The maximum atomic E-state index is 10.2. The number of nitrogens with one attached hydrogen (secondary N) is 1. The van der Waals surface area contributed by atoms with Crippen molar-refractivity contribution in [3.63, 3.8) is 0 Å². The van der Waals surface area contributed by atoms with Crippen LogP contribution in [0.4, 0.5) is 0 Å². The summed E-state index contributed by atoms with van der Waals surface area (Å²) in [5.74, 6) is 1.53. The summed E-state index contributed by atoms with van der Waals surface area (Å²) in [5, 5.41) is 14.5. The number of para-hydroxylation sites is 1. The van der Waals surface area contributed by atoms with E-state index in [1.54, 1.807) is 19.5 Å². The standard InChI is InChI=1S/C18H20N2O3/c1-12(20-11-15(21)13-6-8-19-9-7-13)17-10-14-4-3-5-16(22-2)18(14)23-17/h3-10,12,15,20-21H,11H2,1-2H3/t12-,15-/m1/s1. The molecule has 0 fully saturated rings. The number of nitrogens with zero attached hydrogens (tertiary/aromatic N) is 1. The zero-order chi connectivity index (χ0) is 16.2. The molecule has 2 atom stereocenters. The van der Waals surface area contributed by atoms with Crippen molar-refractivity contribution in [1.82, 2.24) is 10.3 Å². The predicted molar refractivity (Wildman–Crippen MR) is 88.4 cm³/mol. The highest BCUT2D eigenvalue weighted by molar-refractivity contribution is 5.83. The molecule has 1 aromatic carbocycles. The lowest BCUT2D eigenvalue weighted by Gasteiger charge is -2.15. The fourth-order valence-corrected chi connectivity index (χ4v) is 2.52. The molecule has 3 rings (SSSR count). The highest BCUT2D eigenvalue weighted by Crippen LogP contribution is 2.30. The molecule has 0 aliphatic rings. The zero-order valence-electron chi connectivity index (χ0n) is 13.2. The Morgan fingerprint density at radius 3 is 2.78 bits per heavy atom. The van der Waals surface area contributed by atoms with Crippen LogP contribution in [0.15, 0.2) is 53.2 Å². The van der Waals surface area contributed by atoms with Crippen LogP contribution in [-0.4, -0.2) is 23.7 Å². The number of aliphatic hydroxyl groups excluding tert-OH is 1. The van der Waals surface area contributed by atoms with Crippen molar-refractivity contribution < 1.29 is 14.3 Å². The van der Waals surface area contributed by atoms with Gasteiger partial charge in [-0.3, -0.25) is 4.98 Å². The van der Waals surface area contributed by atoms with E-state index < -0.39 is 6.10 Å². The Morgan fingerprint density at radius 1 is 1.26 bits per heavy atom. The van der Waals surface area contributed by atoms with Gasteiger partial charge >= 0.3 is 0 Å². The highest BCUT2D eigenvalue weighted by atomic mass is 16.5. The third-order valence-corrected chi connectivity index (χ3v) is 3.88. The summed E-state index contributed by atoms with van der Waals surface area (Å²) < 4.78 is 11.2. The Labute approximate surface area is 134 Å².